The Morgan fingerprint density at radius 2 is 2.16 bits per heavy atom. The summed E-state index contributed by atoms with van der Waals surface area (Å²) in [4.78, 5) is 14.5. The molecular formula is C16H19NOS. The first-order valence-electron chi connectivity index (χ1n) is 6.57. The first-order valence-corrected chi connectivity index (χ1v) is 7.52. The third kappa shape index (κ3) is 3.67. The summed E-state index contributed by atoms with van der Waals surface area (Å²) >= 11 is 1.67. The Hall–Kier alpha value is -1.61. The molecule has 100 valence electrons. The Kier molecular flexibility index (Phi) is 4.74. The maximum atomic E-state index is 12.5. The third-order valence-corrected chi connectivity index (χ3v) is 3.73. The molecule has 0 saturated heterocycles. The monoisotopic (exact) mass is 273 g/mol. The molecule has 1 aromatic heterocycles. The zero-order valence-corrected chi connectivity index (χ0v) is 12.2. The quantitative estimate of drug-likeness (QED) is 0.803. The number of nitrogens with zero attached hydrogens (tertiary/aromatic N) is 1. The standard InChI is InChI=1S/C16H19NOS/c1-3-8-17(11-14-7-9-19-12-14)16(18)15-6-4-5-13(2)10-15/h4-7,9-10,12H,3,8,11H2,1-2H3. The highest BCUT2D eigenvalue weighted by atomic mass is 32.1. The predicted molar refractivity (Wildman–Crippen MR) is 80.5 cm³/mol. The molecule has 0 radical (unpaired) electrons. The van der Waals surface area contributed by atoms with Gasteiger partial charge in [0, 0.05) is 18.7 Å². The summed E-state index contributed by atoms with van der Waals surface area (Å²) < 4.78 is 0. The number of amides is 1. The molecule has 3 heteroatoms. The van der Waals surface area contributed by atoms with E-state index >= 15 is 0 Å². The molecular weight excluding hydrogens is 254 g/mol. The van der Waals surface area contributed by atoms with E-state index in [1.54, 1.807) is 11.3 Å². The van der Waals surface area contributed by atoms with Crippen molar-refractivity contribution in [2.24, 2.45) is 0 Å². The Bertz CT molecular complexity index is 533. The van der Waals surface area contributed by atoms with E-state index in [0.29, 0.717) is 6.54 Å². The van der Waals surface area contributed by atoms with Crippen molar-refractivity contribution in [2.45, 2.75) is 26.8 Å². The summed E-state index contributed by atoms with van der Waals surface area (Å²) in [6, 6.07) is 9.89. The summed E-state index contributed by atoms with van der Waals surface area (Å²) in [5.74, 6) is 0.122. The lowest BCUT2D eigenvalue weighted by Gasteiger charge is -2.22. The number of hydrogen-bond acceptors (Lipinski definition) is 2. The molecule has 0 bridgehead atoms. The van der Waals surface area contributed by atoms with Crippen molar-refractivity contribution in [2.75, 3.05) is 6.54 Å². The van der Waals surface area contributed by atoms with Crippen LogP contribution in [0.15, 0.2) is 41.1 Å². The molecule has 1 heterocycles. The van der Waals surface area contributed by atoms with Crippen molar-refractivity contribution < 1.29 is 4.79 Å². The highest BCUT2D eigenvalue weighted by Gasteiger charge is 2.15. The lowest BCUT2D eigenvalue weighted by Crippen LogP contribution is -2.31. The molecule has 19 heavy (non-hydrogen) atoms. The van der Waals surface area contributed by atoms with Crippen LogP contribution in [0.5, 0.6) is 0 Å². The SMILES string of the molecule is CCCN(Cc1ccsc1)C(=O)c1cccc(C)c1. The fourth-order valence-corrected chi connectivity index (χ4v) is 2.75. The number of carbonyl (C=O) groups excluding carboxylic acids is 1. The van der Waals surface area contributed by atoms with Crippen LogP contribution in [-0.2, 0) is 6.54 Å². The fraction of sp³-hybridized carbons (Fsp3) is 0.312. The van der Waals surface area contributed by atoms with Crippen molar-refractivity contribution in [1.82, 2.24) is 4.90 Å². The first kappa shape index (κ1) is 13.8. The van der Waals surface area contributed by atoms with Gasteiger partial charge in [0.25, 0.3) is 5.91 Å². The van der Waals surface area contributed by atoms with Gasteiger partial charge in [0.1, 0.15) is 0 Å². The zero-order chi connectivity index (χ0) is 13.7. The van der Waals surface area contributed by atoms with Crippen molar-refractivity contribution in [3.8, 4) is 0 Å². The summed E-state index contributed by atoms with van der Waals surface area (Å²) in [6.07, 6.45) is 0.974. The van der Waals surface area contributed by atoms with E-state index in [1.807, 2.05) is 36.1 Å². The van der Waals surface area contributed by atoms with Crippen molar-refractivity contribution in [3.63, 3.8) is 0 Å². The molecule has 0 aliphatic carbocycles. The minimum Gasteiger partial charge on any atom is -0.334 e. The molecule has 2 nitrogen and oxygen atoms in total. The van der Waals surface area contributed by atoms with Gasteiger partial charge in [0.05, 0.1) is 0 Å². The Labute approximate surface area is 118 Å². The Morgan fingerprint density at radius 1 is 1.32 bits per heavy atom. The van der Waals surface area contributed by atoms with E-state index in [4.69, 9.17) is 0 Å². The molecule has 2 aromatic rings. The number of carbonyl (C=O) groups is 1. The topological polar surface area (TPSA) is 20.3 Å². The summed E-state index contributed by atoms with van der Waals surface area (Å²) in [7, 11) is 0. The summed E-state index contributed by atoms with van der Waals surface area (Å²) in [6.45, 7) is 5.61. The van der Waals surface area contributed by atoms with Gasteiger partial charge in [-0.25, -0.2) is 0 Å². The number of hydrogen-bond donors (Lipinski definition) is 0. The fourth-order valence-electron chi connectivity index (χ4n) is 2.09. The number of thiophene rings is 1. The first-order chi connectivity index (χ1) is 9.20. The van der Waals surface area contributed by atoms with Crippen molar-refractivity contribution in [3.05, 3.63) is 57.8 Å². The molecule has 0 aliphatic rings. The second-order valence-electron chi connectivity index (χ2n) is 4.73. The van der Waals surface area contributed by atoms with Gasteiger partial charge in [-0.3, -0.25) is 4.79 Å². The minimum absolute atomic E-state index is 0.122. The maximum absolute atomic E-state index is 12.5. The van der Waals surface area contributed by atoms with Gasteiger partial charge in [0.2, 0.25) is 0 Å². The smallest absolute Gasteiger partial charge is 0.254 e. The lowest BCUT2D eigenvalue weighted by atomic mass is 10.1. The van der Waals surface area contributed by atoms with E-state index in [1.165, 1.54) is 5.56 Å². The van der Waals surface area contributed by atoms with Gasteiger partial charge >= 0.3 is 0 Å². The highest BCUT2D eigenvalue weighted by molar-refractivity contribution is 7.07. The van der Waals surface area contributed by atoms with E-state index in [-0.39, 0.29) is 5.91 Å². The van der Waals surface area contributed by atoms with Gasteiger partial charge in [-0.15, -0.1) is 0 Å². The Morgan fingerprint density at radius 3 is 2.79 bits per heavy atom. The van der Waals surface area contributed by atoms with Crippen molar-refractivity contribution in [1.29, 1.82) is 0 Å². The van der Waals surface area contributed by atoms with Crippen LogP contribution in [-0.4, -0.2) is 17.4 Å². The van der Waals surface area contributed by atoms with Gasteiger partial charge in [0.15, 0.2) is 0 Å². The van der Waals surface area contributed by atoms with E-state index < -0.39 is 0 Å². The second-order valence-corrected chi connectivity index (χ2v) is 5.51. The van der Waals surface area contributed by atoms with Crippen LogP contribution in [0, 0.1) is 6.92 Å². The molecule has 0 N–H and O–H groups in total. The van der Waals surface area contributed by atoms with Gasteiger partial charge in [-0.1, -0.05) is 24.6 Å². The molecule has 0 saturated carbocycles. The average Bonchev–Trinajstić information content (AvgIpc) is 2.90. The highest BCUT2D eigenvalue weighted by Crippen LogP contribution is 2.14. The van der Waals surface area contributed by atoms with Crippen LogP contribution in [0.1, 0.15) is 34.8 Å². The zero-order valence-electron chi connectivity index (χ0n) is 11.4. The third-order valence-electron chi connectivity index (χ3n) is 3.00. The second kappa shape index (κ2) is 6.53. The van der Waals surface area contributed by atoms with E-state index in [2.05, 4.69) is 23.8 Å². The number of rotatable bonds is 5. The van der Waals surface area contributed by atoms with Gasteiger partial charge in [-0.2, -0.15) is 11.3 Å². The molecule has 1 amide bonds. The predicted octanol–water partition coefficient (Wildman–Crippen LogP) is 4.11. The molecule has 1 aromatic carbocycles. The maximum Gasteiger partial charge on any atom is 0.254 e. The van der Waals surface area contributed by atoms with Crippen LogP contribution in [0.4, 0.5) is 0 Å². The largest absolute Gasteiger partial charge is 0.334 e. The minimum atomic E-state index is 0.122. The lowest BCUT2D eigenvalue weighted by molar-refractivity contribution is 0.0743. The van der Waals surface area contributed by atoms with Crippen LogP contribution >= 0.6 is 11.3 Å². The van der Waals surface area contributed by atoms with E-state index in [0.717, 1.165) is 24.1 Å². The van der Waals surface area contributed by atoms with Crippen molar-refractivity contribution >= 4 is 17.2 Å². The van der Waals surface area contributed by atoms with Gasteiger partial charge in [-0.05, 0) is 47.9 Å². The molecule has 0 spiro atoms. The number of benzene rings is 1. The normalized spacial score (nSPS) is 10.4. The molecule has 0 fully saturated rings. The van der Waals surface area contributed by atoms with Crippen LogP contribution in [0.2, 0.25) is 0 Å². The van der Waals surface area contributed by atoms with E-state index in [9.17, 15) is 4.79 Å². The molecule has 0 unspecified atom stereocenters. The summed E-state index contributed by atoms with van der Waals surface area (Å²) in [5, 5.41) is 4.16. The number of aryl methyl sites for hydroxylation is 1. The van der Waals surface area contributed by atoms with Crippen LogP contribution in [0.25, 0.3) is 0 Å². The molecule has 0 aliphatic heterocycles. The summed E-state index contributed by atoms with van der Waals surface area (Å²) in [5.41, 5.74) is 3.11. The van der Waals surface area contributed by atoms with Crippen LogP contribution < -0.4 is 0 Å². The molecule has 2 rings (SSSR count). The van der Waals surface area contributed by atoms with Gasteiger partial charge < -0.3 is 4.90 Å². The van der Waals surface area contributed by atoms with Crippen LogP contribution in [0.3, 0.4) is 0 Å². The average molecular weight is 273 g/mol. The Balaban J connectivity index is 2.16. The molecule has 0 atom stereocenters.